The second kappa shape index (κ2) is 11.3. The Labute approximate surface area is 237 Å². The number of piperazine rings is 1. The van der Waals surface area contributed by atoms with E-state index in [1.54, 1.807) is 18.5 Å². The fourth-order valence-corrected chi connectivity index (χ4v) is 6.23. The smallest absolute Gasteiger partial charge is 0.407 e. The van der Waals surface area contributed by atoms with E-state index in [9.17, 15) is 19.6 Å². The number of nitriles is 1. The summed E-state index contributed by atoms with van der Waals surface area (Å²) in [4.78, 5) is 33.8. The highest BCUT2D eigenvalue weighted by atomic mass is 19.1. The topological polar surface area (TPSA) is 122 Å². The van der Waals surface area contributed by atoms with E-state index >= 15 is 0 Å². The van der Waals surface area contributed by atoms with Crippen LogP contribution in [0.2, 0.25) is 0 Å². The molecule has 0 aliphatic carbocycles. The summed E-state index contributed by atoms with van der Waals surface area (Å²) in [5.74, 6) is 0.437. The number of fused-ring (bicyclic) bond motifs is 2. The molecule has 1 N–H and O–H groups in total. The number of benzene rings is 1. The molecule has 6 rings (SSSR count). The van der Waals surface area contributed by atoms with E-state index in [4.69, 9.17) is 14.7 Å². The lowest BCUT2D eigenvalue weighted by molar-refractivity contribution is 0.119. The van der Waals surface area contributed by atoms with E-state index in [0.29, 0.717) is 51.3 Å². The van der Waals surface area contributed by atoms with Gasteiger partial charge in [0.05, 0.1) is 42.7 Å². The van der Waals surface area contributed by atoms with Gasteiger partial charge in [0.25, 0.3) is 0 Å². The minimum absolute atomic E-state index is 0.103. The standard InChI is InChI=1S/C29H33FN8O3/c1-35-9-2-3-22(35)18-41-28-33-25-17-36(26-15-32-14-19-4-5-20(30)13-24(19)26)10-7-23(25)27(34-28)37-11-12-38(29(39)40)21(16-37)6-8-31/h4-5,13-15,21-22H,2-3,6-7,9-12,16-18H2,1H3,(H,39,40)/t21-,22-/m0/s1. The number of rotatable bonds is 6. The third-order valence-corrected chi connectivity index (χ3v) is 8.50. The lowest BCUT2D eigenvalue weighted by Gasteiger charge is -2.41. The fourth-order valence-electron chi connectivity index (χ4n) is 6.23. The molecule has 0 spiro atoms. The van der Waals surface area contributed by atoms with Crippen LogP contribution in [0.1, 0.15) is 30.5 Å². The molecule has 3 aromatic rings. The number of amides is 1. The summed E-state index contributed by atoms with van der Waals surface area (Å²) in [6.07, 6.45) is 5.41. The van der Waals surface area contributed by atoms with Crippen molar-refractivity contribution in [3.05, 3.63) is 47.7 Å². The normalized spacial score (nSPS) is 21.1. The highest BCUT2D eigenvalue weighted by Gasteiger charge is 2.34. The van der Waals surface area contributed by atoms with Crippen molar-refractivity contribution in [1.82, 2.24) is 24.8 Å². The maximum absolute atomic E-state index is 14.2. The zero-order chi connectivity index (χ0) is 28.5. The lowest BCUT2D eigenvalue weighted by Crippen LogP contribution is -2.55. The number of likely N-dealkylation sites (N-methyl/N-ethyl adjacent to an activating group) is 1. The molecule has 41 heavy (non-hydrogen) atoms. The number of anilines is 2. The molecule has 3 aliphatic rings. The van der Waals surface area contributed by atoms with Gasteiger partial charge in [-0.1, -0.05) is 0 Å². The Kier molecular flexibility index (Phi) is 7.45. The Morgan fingerprint density at radius 2 is 2.05 bits per heavy atom. The summed E-state index contributed by atoms with van der Waals surface area (Å²) in [6.45, 7) is 3.75. The van der Waals surface area contributed by atoms with Crippen LogP contribution in [0.4, 0.5) is 20.7 Å². The zero-order valence-electron chi connectivity index (χ0n) is 23.0. The van der Waals surface area contributed by atoms with Crippen molar-refractivity contribution in [2.45, 2.75) is 44.3 Å². The molecule has 11 nitrogen and oxygen atoms in total. The molecule has 0 bridgehead atoms. The highest BCUT2D eigenvalue weighted by molar-refractivity contribution is 5.93. The van der Waals surface area contributed by atoms with Gasteiger partial charge in [-0.05, 0) is 51.1 Å². The number of hydrogen-bond donors (Lipinski definition) is 1. The van der Waals surface area contributed by atoms with Crippen LogP contribution in [0.5, 0.6) is 6.01 Å². The third kappa shape index (κ3) is 5.41. The summed E-state index contributed by atoms with van der Waals surface area (Å²) in [5.41, 5.74) is 2.65. The van der Waals surface area contributed by atoms with Gasteiger partial charge in [0.2, 0.25) is 0 Å². The van der Waals surface area contributed by atoms with Gasteiger partial charge >= 0.3 is 12.1 Å². The average molecular weight is 561 g/mol. The molecule has 2 fully saturated rings. The molecular weight excluding hydrogens is 527 g/mol. The van der Waals surface area contributed by atoms with Gasteiger partial charge in [-0.3, -0.25) is 4.98 Å². The number of pyridine rings is 1. The largest absolute Gasteiger partial charge is 0.465 e. The number of nitrogens with zero attached hydrogens (tertiary/aromatic N) is 8. The number of carboxylic acid groups (broad SMARTS) is 1. The Balaban J connectivity index is 1.34. The number of hydrogen-bond acceptors (Lipinski definition) is 9. The number of halogens is 1. The first kappa shape index (κ1) is 27.0. The number of carbonyl (C=O) groups is 1. The maximum Gasteiger partial charge on any atom is 0.407 e. The van der Waals surface area contributed by atoms with E-state index in [0.717, 1.165) is 52.9 Å². The van der Waals surface area contributed by atoms with Gasteiger partial charge in [0, 0.05) is 54.8 Å². The van der Waals surface area contributed by atoms with Gasteiger partial charge in [0.15, 0.2) is 0 Å². The van der Waals surface area contributed by atoms with Crippen molar-refractivity contribution in [3.8, 4) is 12.1 Å². The van der Waals surface area contributed by atoms with Crippen molar-refractivity contribution in [2.75, 3.05) is 56.2 Å². The summed E-state index contributed by atoms with van der Waals surface area (Å²) in [7, 11) is 2.09. The quantitative estimate of drug-likeness (QED) is 0.481. The van der Waals surface area contributed by atoms with Crippen molar-refractivity contribution < 1.29 is 19.0 Å². The highest BCUT2D eigenvalue weighted by Crippen LogP contribution is 2.35. The van der Waals surface area contributed by atoms with Crippen LogP contribution < -0.4 is 14.5 Å². The summed E-state index contributed by atoms with van der Waals surface area (Å²) >= 11 is 0. The molecule has 1 amide bonds. The molecule has 2 aromatic heterocycles. The Morgan fingerprint density at radius 1 is 1.17 bits per heavy atom. The molecule has 0 unspecified atom stereocenters. The molecule has 2 saturated heterocycles. The monoisotopic (exact) mass is 560 g/mol. The number of aromatic nitrogens is 3. The minimum Gasteiger partial charge on any atom is -0.465 e. The van der Waals surface area contributed by atoms with E-state index < -0.39 is 12.1 Å². The summed E-state index contributed by atoms with van der Waals surface area (Å²) in [6, 6.07) is 6.98. The zero-order valence-corrected chi connectivity index (χ0v) is 23.0. The Morgan fingerprint density at radius 3 is 2.83 bits per heavy atom. The van der Waals surface area contributed by atoms with Crippen molar-refractivity contribution in [3.63, 3.8) is 0 Å². The van der Waals surface area contributed by atoms with Gasteiger partial charge in [-0.15, -0.1) is 0 Å². The summed E-state index contributed by atoms with van der Waals surface area (Å²) < 4.78 is 20.4. The second-order valence-corrected chi connectivity index (χ2v) is 11.0. The molecule has 1 aromatic carbocycles. The van der Waals surface area contributed by atoms with Crippen LogP contribution >= 0.6 is 0 Å². The predicted molar refractivity (Wildman–Crippen MR) is 151 cm³/mol. The van der Waals surface area contributed by atoms with Crippen LogP contribution in [0.15, 0.2) is 30.6 Å². The maximum atomic E-state index is 14.2. The Bertz CT molecular complexity index is 1500. The molecule has 5 heterocycles. The molecule has 3 aliphatic heterocycles. The molecular formula is C29H33FN8O3. The van der Waals surface area contributed by atoms with Crippen molar-refractivity contribution in [1.29, 1.82) is 5.26 Å². The fraction of sp³-hybridized carbons (Fsp3) is 0.483. The van der Waals surface area contributed by atoms with E-state index in [-0.39, 0.29) is 18.8 Å². The van der Waals surface area contributed by atoms with E-state index in [1.807, 2.05) is 0 Å². The SMILES string of the molecule is CN1CCC[C@H]1COc1nc2c(c(N3CCN(C(=O)O)[C@@H](CC#N)C3)n1)CCN(c1cncc3ccc(F)cc13)C2. The van der Waals surface area contributed by atoms with Crippen LogP contribution in [0, 0.1) is 17.1 Å². The van der Waals surface area contributed by atoms with Crippen LogP contribution in [-0.4, -0.2) is 94.4 Å². The van der Waals surface area contributed by atoms with Gasteiger partial charge < -0.3 is 29.4 Å². The number of ether oxygens (including phenoxy) is 1. The molecule has 0 saturated carbocycles. The van der Waals surface area contributed by atoms with Crippen molar-refractivity contribution in [2.24, 2.45) is 0 Å². The number of likely N-dealkylation sites (tertiary alicyclic amines) is 1. The van der Waals surface area contributed by atoms with E-state index in [1.165, 1.54) is 17.0 Å². The van der Waals surface area contributed by atoms with Crippen LogP contribution in [-0.2, 0) is 13.0 Å². The van der Waals surface area contributed by atoms with Gasteiger partial charge in [0.1, 0.15) is 18.2 Å². The van der Waals surface area contributed by atoms with Gasteiger partial charge in [-0.25, -0.2) is 9.18 Å². The van der Waals surface area contributed by atoms with Crippen LogP contribution in [0.3, 0.4) is 0 Å². The predicted octanol–water partition coefficient (Wildman–Crippen LogP) is 3.28. The summed E-state index contributed by atoms with van der Waals surface area (Å²) in [5, 5.41) is 20.7. The van der Waals surface area contributed by atoms with Crippen LogP contribution in [0.25, 0.3) is 10.8 Å². The first-order valence-electron chi connectivity index (χ1n) is 14.0. The van der Waals surface area contributed by atoms with Gasteiger partial charge in [-0.2, -0.15) is 15.2 Å². The molecule has 0 radical (unpaired) electrons. The third-order valence-electron chi connectivity index (χ3n) is 8.50. The minimum atomic E-state index is -1.02. The first-order valence-corrected chi connectivity index (χ1v) is 14.0. The molecule has 12 heteroatoms. The van der Waals surface area contributed by atoms with E-state index in [2.05, 4.69) is 32.8 Å². The first-order chi connectivity index (χ1) is 19.9. The average Bonchev–Trinajstić information content (AvgIpc) is 3.39. The second-order valence-electron chi connectivity index (χ2n) is 11.0. The Hall–Kier alpha value is -4.24. The molecule has 214 valence electrons. The molecule has 2 atom stereocenters. The lowest BCUT2D eigenvalue weighted by atomic mass is 10.0. The van der Waals surface area contributed by atoms with Crippen molar-refractivity contribution >= 4 is 28.4 Å².